The van der Waals surface area contributed by atoms with Crippen molar-refractivity contribution in [3.8, 4) is 16.9 Å². The Morgan fingerprint density at radius 2 is 1.64 bits per heavy atom. The third kappa shape index (κ3) is 7.37. The van der Waals surface area contributed by atoms with Gasteiger partial charge >= 0.3 is 5.97 Å². The lowest BCUT2D eigenvalue weighted by Gasteiger charge is -2.39. The molecule has 1 aliphatic heterocycles. The maximum atomic E-state index is 13.2. The van der Waals surface area contributed by atoms with Gasteiger partial charge in [0.2, 0.25) is 0 Å². The lowest BCUT2D eigenvalue weighted by Crippen LogP contribution is -2.40. The van der Waals surface area contributed by atoms with Crippen molar-refractivity contribution in [2.45, 2.75) is 66.9 Å². The van der Waals surface area contributed by atoms with E-state index in [0.29, 0.717) is 24.9 Å². The highest BCUT2D eigenvalue weighted by Gasteiger charge is 2.29. The first-order valence-corrected chi connectivity index (χ1v) is 14.0. The van der Waals surface area contributed by atoms with E-state index < -0.39 is 0 Å². The van der Waals surface area contributed by atoms with Crippen molar-refractivity contribution in [2.24, 2.45) is 11.8 Å². The predicted octanol–water partition coefficient (Wildman–Crippen LogP) is 7.10. The number of hydrogen-bond acceptors (Lipinski definition) is 5. The second-order valence-electron chi connectivity index (χ2n) is 11.3. The summed E-state index contributed by atoms with van der Waals surface area (Å²) in [5, 5.41) is 0. The van der Waals surface area contributed by atoms with E-state index in [0.717, 1.165) is 58.2 Å². The number of benzene rings is 2. The average Bonchev–Trinajstić information content (AvgIpc) is 2.86. The maximum Gasteiger partial charge on any atom is 0.310 e. The average molecular weight is 533 g/mol. The predicted molar refractivity (Wildman–Crippen MR) is 155 cm³/mol. The van der Waals surface area contributed by atoms with Crippen LogP contribution in [0, 0.1) is 31.5 Å². The fourth-order valence-corrected chi connectivity index (χ4v) is 5.72. The molecule has 1 fully saturated rings. The summed E-state index contributed by atoms with van der Waals surface area (Å²) in [7, 11) is 0. The van der Waals surface area contributed by atoms with Crippen molar-refractivity contribution in [3.05, 3.63) is 76.9 Å². The third-order valence-electron chi connectivity index (χ3n) is 7.25. The van der Waals surface area contributed by atoms with Gasteiger partial charge in [-0.1, -0.05) is 38.1 Å². The van der Waals surface area contributed by atoms with Gasteiger partial charge in [-0.05, 0) is 81.3 Å². The van der Waals surface area contributed by atoms with Crippen LogP contribution in [0.5, 0.6) is 5.75 Å². The van der Waals surface area contributed by atoms with Crippen molar-refractivity contribution >= 4 is 11.7 Å². The normalized spacial score (nSPS) is 17.4. The molecule has 6 heteroatoms. The first-order valence-electron chi connectivity index (χ1n) is 14.0. The van der Waals surface area contributed by atoms with Crippen LogP contribution >= 0.6 is 0 Å². The van der Waals surface area contributed by atoms with Crippen molar-refractivity contribution in [2.75, 3.05) is 24.6 Å². The van der Waals surface area contributed by atoms with E-state index in [1.807, 2.05) is 39.8 Å². The summed E-state index contributed by atoms with van der Waals surface area (Å²) in [6.45, 7) is 14.8. The molecule has 1 aliphatic rings. The first-order chi connectivity index (χ1) is 18.6. The van der Waals surface area contributed by atoms with Gasteiger partial charge in [0.15, 0.2) is 0 Å². The van der Waals surface area contributed by atoms with Crippen molar-refractivity contribution in [3.63, 3.8) is 0 Å². The number of nitrogens with zero attached hydrogens (tertiary/aromatic N) is 2. The second kappa shape index (κ2) is 12.6. The number of esters is 1. The van der Waals surface area contributed by atoms with Crippen molar-refractivity contribution < 1.29 is 18.7 Å². The van der Waals surface area contributed by atoms with E-state index in [1.54, 1.807) is 12.1 Å². The number of pyridine rings is 1. The van der Waals surface area contributed by atoms with Gasteiger partial charge in [0.05, 0.1) is 24.8 Å². The smallest absolute Gasteiger partial charge is 0.310 e. The number of carbonyl (C=O) groups excluding carboxylic acids is 1. The quantitative estimate of drug-likeness (QED) is 0.275. The van der Waals surface area contributed by atoms with Crippen LogP contribution in [0.15, 0.2) is 48.5 Å². The molecule has 5 nitrogen and oxygen atoms in total. The molecule has 0 amide bonds. The number of ether oxygens (including phenoxy) is 2. The Balaban J connectivity index is 1.65. The van der Waals surface area contributed by atoms with E-state index in [9.17, 15) is 9.18 Å². The first kappa shape index (κ1) is 28.6. The molecule has 0 bridgehead atoms. The SMILES string of the molecule is Cc1nc(C)c(-c2ccc(OCCc3ccc(F)cc3)cc2)c(N2CC(C)CC(C)C2)c1CC(=O)OC(C)C. The molecular formula is C33H41FN2O3. The molecule has 2 heterocycles. The van der Waals surface area contributed by atoms with Gasteiger partial charge in [-0.15, -0.1) is 0 Å². The van der Waals surface area contributed by atoms with E-state index in [1.165, 1.54) is 18.6 Å². The summed E-state index contributed by atoms with van der Waals surface area (Å²) >= 11 is 0. The summed E-state index contributed by atoms with van der Waals surface area (Å²) < 4.78 is 24.7. The molecule has 208 valence electrons. The Hall–Kier alpha value is -3.41. The number of aryl methyl sites for hydroxylation is 2. The van der Waals surface area contributed by atoms with Gasteiger partial charge < -0.3 is 14.4 Å². The molecule has 2 atom stereocenters. The fraction of sp³-hybridized carbons (Fsp3) is 0.455. The fourth-order valence-electron chi connectivity index (χ4n) is 5.72. The van der Waals surface area contributed by atoms with E-state index in [4.69, 9.17) is 14.5 Å². The third-order valence-corrected chi connectivity index (χ3v) is 7.25. The number of hydrogen-bond donors (Lipinski definition) is 0. The van der Waals surface area contributed by atoms with Gasteiger partial charge in [-0.3, -0.25) is 9.78 Å². The van der Waals surface area contributed by atoms with Gasteiger partial charge in [0, 0.05) is 42.0 Å². The maximum absolute atomic E-state index is 13.2. The summed E-state index contributed by atoms with van der Waals surface area (Å²) in [5.74, 6) is 1.43. The monoisotopic (exact) mass is 532 g/mol. The Labute approximate surface area is 232 Å². The number of aromatic nitrogens is 1. The number of carbonyl (C=O) groups is 1. The standard InChI is InChI=1S/C33H41FN2O3/c1-21(2)39-31(37)18-30-24(5)35-25(6)32(33(30)36-19-22(3)17-23(4)20-36)27-9-13-29(14-10-27)38-16-15-26-7-11-28(34)12-8-26/h7-14,21-23H,15-20H2,1-6H3. The summed E-state index contributed by atoms with van der Waals surface area (Å²) in [6, 6.07) is 14.6. The molecule has 0 N–H and O–H groups in total. The summed E-state index contributed by atoms with van der Waals surface area (Å²) in [5.41, 5.74) is 7.01. The van der Waals surface area contributed by atoms with Crippen LogP contribution in [-0.2, 0) is 22.4 Å². The van der Waals surface area contributed by atoms with E-state index in [-0.39, 0.29) is 24.3 Å². The molecule has 39 heavy (non-hydrogen) atoms. The van der Waals surface area contributed by atoms with Crippen LogP contribution in [0.3, 0.4) is 0 Å². The Kier molecular flexibility index (Phi) is 9.26. The number of halogens is 1. The van der Waals surface area contributed by atoms with Crippen molar-refractivity contribution in [1.29, 1.82) is 0 Å². The van der Waals surface area contributed by atoms with Gasteiger partial charge in [-0.25, -0.2) is 4.39 Å². The summed E-state index contributed by atoms with van der Waals surface area (Å²) in [6.07, 6.45) is 1.94. The molecule has 0 spiro atoms. The highest BCUT2D eigenvalue weighted by Crippen LogP contribution is 2.41. The number of rotatable bonds is 9. The van der Waals surface area contributed by atoms with Crippen LogP contribution in [0.4, 0.5) is 10.1 Å². The molecule has 2 aromatic carbocycles. The molecule has 0 aliphatic carbocycles. The van der Waals surface area contributed by atoms with Crippen LogP contribution in [-0.4, -0.2) is 36.8 Å². The molecule has 4 rings (SSSR count). The van der Waals surface area contributed by atoms with E-state index in [2.05, 4.69) is 30.9 Å². The Morgan fingerprint density at radius 1 is 1.00 bits per heavy atom. The minimum Gasteiger partial charge on any atom is -0.493 e. The highest BCUT2D eigenvalue weighted by molar-refractivity contribution is 5.87. The minimum absolute atomic E-state index is 0.162. The summed E-state index contributed by atoms with van der Waals surface area (Å²) in [4.78, 5) is 20.2. The molecular weight excluding hydrogens is 491 g/mol. The molecule has 1 saturated heterocycles. The Bertz CT molecular complexity index is 1260. The van der Waals surface area contributed by atoms with Gasteiger partial charge in [-0.2, -0.15) is 0 Å². The number of piperidine rings is 1. The highest BCUT2D eigenvalue weighted by atomic mass is 19.1. The topological polar surface area (TPSA) is 51.7 Å². The van der Waals surface area contributed by atoms with Gasteiger partial charge in [0.25, 0.3) is 0 Å². The molecule has 0 radical (unpaired) electrons. The van der Waals surface area contributed by atoms with Crippen molar-refractivity contribution in [1.82, 2.24) is 4.98 Å². The molecule has 1 aromatic heterocycles. The minimum atomic E-state index is -0.232. The molecule has 0 saturated carbocycles. The Morgan fingerprint density at radius 3 is 2.26 bits per heavy atom. The molecule has 3 aromatic rings. The van der Waals surface area contributed by atoms with Crippen LogP contribution in [0.1, 0.15) is 56.6 Å². The van der Waals surface area contributed by atoms with E-state index >= 15 is 0 Å². The van der Waals surface area contributed by atoms with Crippen LogP contribution in [0.2, 0.25) is 0 Å². The second-order valence-corrected chi connectivity index (χ2v) is 11.3. The lowest BCUT2D eigenvalue weighted by atomic mass is 9.88. The zero-order chi connectivity index (χ0) is 28.1. The lowest BCUT2D eigenvalue weighted by molar-refractivity contribution is -0.146. The largest absolute Gasteiger partial charge is 0.493 e. The van der Waals surface area contributed by atoms with Gasteiger partial charge in [0.1, 0.15) is 11.6 Å². The zero-order valence-electron chi connectivity index (χ0n) is 24.1. The van der Waals surface area contributed by atoms with Crippen LogP contribution in [0.25, 0.3) is 11.1 Å². The molecule has 2 unspecified atom stereocenters. The number of anilines is 1. The van der Waals surface area contributed by atoms with Crippen LogP contribution < -0.4 is 9.64 Å². The zero-order valence-corrected chi connectivity index (χ0v) is 24.1.